The Bertz CT molecular complexity index is 972. The van der Waals surface area contributed by atoms with E-state index in [-0.39, 0.29) is 11.5 Å². The number of carbonyl (C=O) groups excluding carboxylic acids is 1. The maximum atomic E-state index is 12.3. The summed E-state index contributed by atoms with van der Waals surface area (Å²) in [6.45, 7) is 4.69. The van der Waals surface area contributed by atoms with Crippen molar-refractivity contribution in [2.45, 2.75) is 13.8 Å². The molecule has 0 amide bonds. The molecule has 0 aliphatic rings. The number of rotatable bonds is 11. The van der Waals surface area contributed by atoms with Crippen LogP contribution in [0.15, 0.2) is 60.4 Å². The number of methoxy groups -OCH3 is 2. The predicted octanol–water partition coefficient (Wildman–Crippen LogP) is 5.24. The fourth-order valence-corrected chi connectivity index (χ4v) is 2.84. The smallest absolute Gasteiger partial charge is 0.182 e. The van der Waals surface area contributed by atoms with Gasteiger partial charge in [-0.25, -0.2) is 0 Å². The number of benzene rings is 2. The van der Waals surface area contributed by atoms with Gasteiger partial charge in [0.25, 0.3) is 0 Å². The first kappa shape index (κ1) is 23.6. The number of allylic oxidation sites excluding steroid dienone is 3. The number of hydrogen-bond acceptors (Lipinski definition) is 6. The molecule has 0 spiro atoms. The average Bonchev–Trinajstić information content (AvgIpc) is 2.77. The quantitative estimate of drug-likeness (QED) is 0.302. The maximum absolute atomic E-state index is 12.3. The Morgan fingerprint density at radius 2 is 1.32 bits per heavy atom. The van der Waals surface area contributed by atoms with Gasteiger partial charge >= 0.3 is 0 Å². The van der Waals surface area contributed by atoms with E-state index in [0.29, 0.717) is 41.8 Å². The molecule has 6 heteroatoms. The van der Waals surface area contributed by atoms with E-state index in [0.717, 1.165) is 11.6 Å². The van der Waals surface area contributed by atoms with E-state index in [1.165, 1.54) is 12.2 Å². The molecule has 31 heavy (non-hydrogen) atoms. The first-order valence-electron chi connectivity index (χ1n) is 9.94. The van der Waals surface area contributed by atoms with Gasteiger partial charge in [0.1, 0.15) is 5.76 Å². The van der Waals surface area contributed by atoms with Gasteiger partial charge in [-0.3, -0.25) is 4.79 Å². The van der Waals surface area contributed by atoms with Gasteiger partial charge in [0.2, 0.25) is 0 Å². The summed E-state index contributed by atoms with van der Waals surface area (Å²) in [5.74, 6) is 1.75. The van der Waals surface area contributed by atoms with E-state index in [4.69, 9.17) is 18.9 Å². The Morgan fingerprint density at radius 1 is 0.839 bits per heavy atom. The lowest BCUT2D eigenvalue weighted by atomic mass is 10.1. The lowest BCUT2D eigenvalue weighted by Gasteiger charge is -2.11. The highest BCUT2D eigenvalue weighted by atomic mass is 16.5. The standard InChI is InChI=1S/C25H28O6/c1-5-30-24-18(9-7-11-22(24)28-3)13-15-20(26)17-21(27)16-14-19-10-8-12-23(29-4)25(19)31-6-2/h7-17,26H,5-6H2,1-4H3/b15-13+,16-14+,20-17-. The highest BCUT2D eigenvalue weighted by Crippen LogP contribution is 2.33. The summed E-state index contributed by atoms with van der Waals surface area (Å²) in [5.41, 5.74) is 1.43. The van der Waals surface area contributed by atoms with Crippen LogP contribution in [0.3, 0.4) is 0 Å². The van der Waals surface area contributed by atoms with Crippen molar-refractivity contribution in [3.05, 3.63) is 71.5 Å². The third-order valence-electron chi connectivity index (χ3n) is 4.19. The molecule has 0 fully saturated rings. The van der Waals surface area contributed by atoms with Crippen LogP contribution >= 0.6 is 0 Å². The normalized spacial score (nSPS) is 11.7. The van der Waals surface area contributed by atoms with Gasteiger partial charge in [0.05, 0.1) is 27.4 Å². The lowest BCUT2D eigenvalue weighted by Crippen LogP contribution is -1.98. The van der Waals surface area contributed by atoms with Gasteiger partial charge in [-0.05, 0) is 50.3 Å². The first-order chi connectivity index (χ1) is 15.0. The highest BCUT2D eigenvalue weighted by molar-refractivity contribution is 6.02. The SMILES string of the molecule is CCOc1c(/C=C/C(=O)/C=C(O)/C=C/c2cccc(OC)c2OCC)cccc1OC. The molecule has 0 aliphatic carbocycles. The van der Waals surface area contributed by atoms with Crippen molar-refractivity contribution in [3.8, 4) is 23.0 Å². The number of para-hydroxylation sites is 2. The van der Waals surface area contributed by atoms with Crippen LogP contribution in [-0.4, -0.2) is 38.3 Å². The number of carbonyl (C=O) groups is 1. The maximum Gasteiger partial charge on any atom is 0.182 e. The zero-order chi connectivity index (χ0) is 22.6. The van der Waals surface area contributed by atoms with E-state index in [1.807, 2.05) is 38.1 Å². The molecule has 6 nitrogen and oxygen atoms in total. The van der Waals surface area contributed by atoms with Gasteiger partial charge in [-0.15, -0.1) is 0 Å². The summed E-state index contributed by atoms with van der Waals surface area (Å²) in [7, 11) is 3.12. The molecule has 2 aromatic carbocycles. The molecule has 0 aliphatic heterocycles. The molecule has 0 unspecified atom stereocenters. The molecule has 0 bridgehead atoms. The zero-order valence-electron chi connectivity index (χ0n) is 18.3. The van der Waals surface area contributed by atoms with Gasteiger partial charge < -0.3 is 24.1 Å². The van der Waals surface area contributed by atoms with Crippen LogP contribution in [0.25, 0.3) is 12.2 Å². The summed E-state index contributed by atoms with van der Waals surface area (Å²) in [6, 6.07) is 10.9. The summed E-state index contributed by atoms with van der Waals surface area (Å²) >= 11 is 0. The largest absolute Gasteiger partial charge is 0.508 e. The second-order valence-corrected chi connectivity index (χ2v) is 6.26. The molecule has 164 valence electrons. The topological polar surface area (TPSA) is 74.2 Å². The van der Waals surface area contributed by atoms with Gasteiger partial charge in [0.15, 0.2) is 28.8 Å². The lowest BCUT2D eigenvalue weighted by molar-refractivity contribution is -0.110. The average molecular weight is 424 g/mol. The first-order valence-corrected chi connectivity index (χ1v) is 9.94. The number of aliphatic hydroxyl groups excluding tert-OH is 1. The van der Waals surface area contributed by atoms with Gasteiger partial charge in [-0.1, -0.05) is 24.3 Å². The molecular formula is C25H28O6. The van der Waals surface area contributed by atoms with Crippen LogP contribution in [0.1, 0.15) is 25.0 Å². The van der Waals surface area contributed by atoms with E-state index in [1.54, 1.807) is 38.5 Å². The molecule has 0 radical (unpaired) electrons. The van der Waals surface area contributed by atoms with Crippen molar-refractivity contribution in [1.29, 1.82) is 0 Å². The summed E-state index contributed by atoms with van der Waals surface area (Å²) in [5, 5.41) is 10.1. The molecular weight excluding hydrogens is 396 g/mol. The van der Waals surface area contributed by atoms with Crippen LogP contribution < -0.4 is 18.9 Å². The Hall–Kier alpha value is -3.67. The molecule has 0 aromatic heterocycles. The Labute approximate surface area is 183 Å². The molecule has 1 N–H and O–H groups in total. The Kier molecular flexibility index (Phi) is 9.23. The minimum atomic E-state index is -0.372. The van der Waals surface area contributed by atoms with Crippen molar-refractivity contribution in [3.63, 3.8) is 0 Å². The molecule has 0 heterocycles. The van der Waals surface area contributed by atoms with Crippen LogP contribution in [0.5, 0.6) is 23.0 Å². The summed E-state index contributed by atoms with van der Waals surface area (Å²) in [4.78, 5) is 12.3. The van der Waals surface area contributed by atoms with Gasteiger partial charge in [-0.2, -0.15) is 0 Å². The van der Waals surface area contributed by atoms with Gasteiger partial charge in [0, 0.05) is 17.2 Å². The minimum Gasteiger partial charge on any atom is -0.508 e. The van der Waals surface area contributed by atoms with Crippen molar-refractivity contribution in [1.82, 2.24) is 0 Å². The van der Waals surface area contributed by atoms with Crippen molar-refractivity contribution < 1.29 is 28.8 Å². The van der Waals surface area contributed by atoms with Crippen LogP contribution in [0, 0.1) is 0 Å². The third-order valence-corrected chi connectivity index (χ3v) is 4.19. The predicted molar refractivity (Wildman–Crippen MR) is 122 cm³/mol. The zero-order valence-corrected chi connectivity index (χ0v) is 18.3. The van der Waals surface area contributed by atoms with Crippen LogP contribution in [0.2, 0.25) is 0 Å². The third kappa shape index (κ3) is 6.67. The van der Waals surface area contributed by atoms with E-state index < -0.39 is 0 Å². The molecule has 2 aromatic rings. The van der Waals surface area contributed by atoms with Crippen molar-refractivity contribution >= 4 is 17.9 Å². The number of hydrogen-bond donors (Lipinski definition) is 1. The molecule has 0 atom stereocenters. The van der Waals surface area contributed by atoms with E-state index in [2.05, 4.69) is 0 Å². The second kappa shape index (κ2) is 12.1. The van der Waals surface area contributed by atoms with E-state index >= 15 is 0 Å². The highest BCUT2D eigenvalue weighted by Gasteiger charge is 2.09. The molecule has 2 rings (SSSR count). The Balaban J connectivity index is 2.18. The number of ketones is 1. The number of ether oxygens (including phenoxy) is 4. The van der Waals surface area contributed by atoms with Crippen LogP contribution in [0.4, 0.5) is 0 Å². The van der Waals surface area contributed by atoms with E-state index in [9.17, 15) is 9.90 Å². The number of aliphatic hydroxyl groups is 1. The molecule has 0 saturated heterocycles. The van der Waals surface area contributed by atoms with Crippen molar-refractivity contribution in [2.24, 2.45) is 0 Å². The summed E-state index contributed by atoms with van der Waals surface area (Å²) < 4.78 is 21.9. The monoisotopic (exact) mass is 424 g/mol. The van der Waals surface area contributed by atoms with Crippen molar-refractivity contribution in [2.75, 3.05) is 27.4 Å². The Morgan fingerprint density at radius 3 is 1.77 bits per heavy atom. The fraction of sp³-hybridized carbons (Fsp3) is 0.240. The second-order valence-electron chi connectivity index (χ2n) is 6.26. The summed E-state index contributed by atoms with van der Waals surface area (Å²) in [6.07, 6.45) is 7.21. The molecule has 0 saturated carbocycles. The fourth-order valence-electron chi connectivity index (χ4n) is 2.84. The van der Waals surface area contributed by atoms with Crippen LogP contribution in [-0.2, 0) is 4.79 Å². The minimum absolute atomic E-state index is 0.185.